The first-order chi connectivity index (χ1) is 17.1. The Kier molecular flexibility index (Phi) is 22.3. The molecule has 0 aliphatic rings. The number of nitrogens with zero attached hydrogens (tertiary/aromatic N) is 1. The normalized spacial score (nSPS) is 14.9. The Morgan fingerprint density at radius 1 is 0.806 bits per heavy atom. The Bertz CT molecular complexity index is 835. The van der Waals surface area contributed by atoms with Crippen LogP contribution in [0.1, 0.15) is 88.5 Å². The van der Waals surface area contributed by atoms with Gasteiger partial charge in [0.1, 0.15) is 0 Å². The summed E-state index contributed by atoms with van der Waals surface area (Å²) in [5.74, 6) is 0. The summed E-state index contributed by atoms with van der Waals surface area (Å²) >= 11 is 1.85. The molecule has 0 bridgehead atoms. The highest BCUT2D eigenvalue weighted by molar-refractivity contribution is 8.01. The molecule has 0 radical (unpaired) electrons. The fraction of sp³-hybridized carbons (Fsp3) is 0.471. The summed E-state index contributed by atoms with van der Waals surface area (Å²) in [5.41, 5.74) is 5.79. The van der Waals surface area contributed by atoms with Crippen LogP contribution in [0.25, 0.3) is 0 Å². The van der Waals surface area contributed by atoms with Gasteiger partial charge < -0.3 is 0 Å². The molecular weight excluding hydrogens is 454 g/mol. The highest BCUT2D eigenvalue weighted by Gasteiger charge is 2.14. The molecule has 202 valence electrons. The Balaban J connectivity index is 0. The number of rotatable bonds is 14. The van der Waals surface area contributed by atoms with Gasteiger partial charge in [0, 0.05) is 18.0 Å². The summed E-state index contributed by atoms with van der Waals surface area (Å²) in [5, 5.41) is 0. The van der Waals surface area contributed by atoms with E-state index in [4.69, 9.17) is 0 Å². The van der Waals surface area contributed by atoms with Crippen molar-refractivity contribution in [1.29, 1.82) is 0 Å². The molecular formula is C34H55NS. The molecule has 0 aliphatic carbocycles. The zero-order chi connectivity index (χ0) is 28.0. The van der Waals surface area contributed by atoms with Gasteiger partial charge in [-0.15, -0.1) is 13.2 Å². The van der Waals surface area contributed by atoms with E-state index >= 15 is 0 Å². The van der Waals surface area contributed by atoms with Crippen LogP contribution in [0.15, 0.2) is 107 Å². The summed E-state index contributed by atoms with van der Waals surface area (Å²) in [4.78, 5) is 1.25. The van der Waals surface area contributed by atoms with E-state index < -0.39 is 0 Å². The Morgan fingerprint density at radius 3 is 1.94 bits per heavy atom. The molecule has 0 spiro atoms. The second-order valence-corrected chi connectivity index (χ2v) is 10.9. The molecule has 0 aromatic rings. The molecule has 0 aromatic carbocycles. The number of hydrogen-bond donors (Lipinski definition) is 0. The van der Waals surface area contributed by atoms with Crippen molar-refractivity contribution in [3.8, 4) is 0 Å². The lowest BCUT2D eigenvalue weighted by atomic mass is 9.85. The molecule has 0 rings (SSSR count). The van der Waals surface area contributed by atoms with E-state index in [1.165, 1.54) is 27.2 Å². The molecule has 0 unspecified atom stereocenters. The molecule has 0 amide bonds. The predicted octanol–water partition coefficient (Wildman–Crippen LogP) is 11.4. The van der Waals surface area contributed by atoms with Crippen LogP contribution in [-0.2, 0) is 0 Å². The van der Waals surface area contributed by atoms with Gasteiger partial charge >= 0.3 is 0 Å². The maximum absolute atomic E-state index is 3.00. The summed E-state index contributed by atoms with van der Waals surface area (Å²) in [6.07, 6.45) is 27.7. The Labute approximate surface area is 230 Å². The quantitative estimate of drug-likeness (QED) is 0.130. The lowest BCUT2D eigenvalue weighted by Crippen LogP contribution is -2.21. The van der Waals surface area contributed by atoms with E-state index in [9.17, 15) is 0 Å². The standard InChI is InChI=1S/C32H51NS.C2H4/c1-11-16-20-31(19-14-4)34-33(26-29(17-12-2)23-21-27(6)15-5)25-28(7)22-24-30(18-13-3)32(8,9)10;1-2/h11,13-14,16-22,24H,12,15,23,25-26H2,1-10H3;1-2H2/b16-11-,18-13-,19-14+,27-21+,28-22+,29-17+,30-24+,31-20+;. The fourth-order valence-electron chi connectivity index (χ4n) is 3.22. The molecule has 2 heteroatoms. The minimum atomic E-state index is 0.131. The highest BCUT2D eigenvalue weighted by atomic mass is 32.2. The minimum Gasteiger partial charge on any atom is -0.238 e. The van der Waals surface area contributed by atoms with Crippen molar-refractivity contribution in [3.05, 3.63) is 107 Å². The van der Waals surface area contributed by atoms with Gasteiger partial charge in [0.2, 0.25) is 0 Å². The van der Waals surface area contributed by atoms with Crippen LogP contribution in [0.5, 0.6) is 0 Å². The molecule has 0 saturated carbocycles. The first-order valence-electron chi connectivity index (χ1n) is 13.3. The van der Waals surface area contributed by atoms with E-state index in [-0.39, 0.29) is 5.41 Å². The van der Waals surface area contributed by atoms with Crippen LogP contribution >= 0.6 is 11.9 Å². The summed E-state index contributed by atoms with van der Waals surface area (Å²) in [6, 6.07) is 0. The maximum atomic E-state index is 3.00. The zero-order valence-electron chi connectivity index (χ0n) is 25.2. The summed E-state index contributed by atoms with van der Waals surface area (Å²) in [6.45, 7) is 29.9. The molecule has 1 nitrogen and oxygen atoms in total. The van der Waals surface area contributed by atoms with Crippen molar-refractivity contribution < 1.29 is 0 Å². The van der Waals surface area contributed by atoms with Crippen LogP contribution in [0.4, 0.5) is 0 Å². The summed E-state index contributed by atoms with van der Waals surface area (Å²) in [7, 11) is 0. The van der Waals surface area contributed by atoms with E-state index in [2.05, 4.69) is 154 Å². The average Bonchev–Trinajstić information content (AvgIpc) is 2.84. The van der Waals surface area contributed by atoms with Gasteiger partial charge in [-0.1, -0.05) is 112 Å². The van der Waals surface area contributed by atoms with Gasteiger partial charge in [0.05, 0.1) is 0 Å². The van der Waals surface area contributed by atoms with Gasteiger partial charge in [0.15, 0.2) is 0 Å². The van der Waals surface area contributed by atoms with E-state index in [1.807, 2.05) is 11.9 Å². The Morgan fingerprint density at radius 2 is 1.44 bits per heavy atom. The van der Waals surface area contributed by atoms with Gasteiger partial charge in [-0.05, 0) is 82.9 Å². The van der Waals surface area contributed by atoms with E-state index in [1.54, 1.807) is 0 Å². The Hall–Kier alpha value is -2.03. The monoisotopic (exact) mass is 509 g/mol. The molecule has 0 heterocycles. The van der Waals surface area contributed by atoms with Crippen molar-refractivity contribution in [1.82, 2.24) is 4.31 Å². The third kappa shape index (κ3) is 18.3. The van der Waals surface area contributed by atoms with Crippen molar-refractivity contribution in [2.45, 2.75) is 88.5 Å². The van der Waals surface area contributed by atoms with Crippen molar-refractivity contribution in [3.63, 3.8) is 0 Å². The van der Waals surface area contributed by atoms with Crippen molar-refractivity contribution >= 4 is 11.9 Å². The van der Waals surface area contributed by atoms with E-state index in [0.717, 1.165) is 32.4 Å². The lowest BCUT2D eigenvalue weighted by Gasteiger charge is -2.24. The lowest BCUT2D eigenvalue weighted by molar-refractivity contribution is 0.516. The molecule has 0 aromatic heterocycles. The van der Waals surface area contributed by atoms with Gasteiger partial charge in [0.25, 0.3) is 0 Å². The van der Waals surface area contributed by atoms with Gasteiger partial charge in [-0.25, -0.2) is 4.31 Å². The fourth-order valence-corrected chi connectivity index (χ4v) is 4.35. The molecule has 0 aliphatic heterocycles. The van der Waals surface area contributed by atoms with Crippen LogP contribution in [0.3, 0.4) is 0 Å². The molecule has 0 N–H and O–H groups in total. The first-order valence-corrected chi connectivity index (χ1v) is 14.1. The van der Waals surface area contributed by atoms with Gasteiger partial charge in [-0.3, -0.25) is 0 Å². The van der Waals surface area contributed by atoms with Crippen molar-refractivity contribution in [2.75, 3.05) is 13.1 Å². The zero-order valence-corrected chi connectivity index (χ0v) is 26.0. The first kappa shape index (κ1) is 36.1. The number of allylic oxidation sites excluding steroid dienone is 13. The topological polar surface area (TPSA) is 3.24 Å². The minimum absolute atomic E-state index is 0.131. The SMILES string of the molecule is C=C.C\C=C/C=C(\C=C\C)SN(C/C(C)=C/C=C(\C=C/C)C(C)(C)C)C/C(=C/CC)C/C=C(\C)CC. The third-order valence-electron chi connectivity index (χ3n) is 5.35. The summed E-state index contributed by atoms with van der Waals surface area (Å²) < 4.78 is 2.50. The molecule has 0 saturated heterocycles. The van der Waals surface area contributed by atoms with Crippen LogP contribution in [-0.4, -0.2) is 17.4 Å². The van der Waals surface area contributed by atoms with Crippen LogP contribution < -0.4 is 0 Å². The molecule has 0 atom stereocenters. The highest BCUT2D eigenvalue weighted by Crippen LogP contribution is 2.28. The largest absolute Gasteiger partial charge is 0.238 e. The molecule has 36 heavy (non-hydrogen) atoms. The smallest absolute Gasteiger partial charge is 0.0309 e. The van der Waals surface area contributed by atoms with E-state index in [0.29, 0.717) is 0 Å². The van der Waals surface area contributed by atoms with Gasteiger partial charge in [-0.2, -0.15) is 0 Å². The molecule has 0 fully saturated rings. The van der Waals surface area contributed by atoms with Crippen LogP contribution in [0.2, 0.25) is 0 Å². The second kappa shape index (κ2) is 22.2. The van der Waals surface area contributed by atoms with Crippen molar-refractivity contribution in [2.24, 2.45) is 5.41 Å². The van der Waals surface area contributed by atoms with Crippen LogP contribution in [0, 0.1) is 5.41 Å². The average molecular weight is 510 g/mol. The maximum Gasteiger partial charge on any atom is 0.0309 e. The number of hydrogen-bond acceptors (Lipinski definition) is 2. The third-order valence-corrected chi connectivity index (χ3v) is 6.35. The second-order valence-electron chi connectivity index (χ2n) is 9.75. The predicted molar refractivity (Wildman–Crippen MR) is 171 cm³/mol.